The highest BCUT2D eigenvalue weighted by Crippen LogP contribution is 2.41. The zero-order chi connectivity index (χ0) is 28.7. The molecule has 1 N–H and O–H groups in total. The monoisotopic (exact) mass is 576 g/mol. The number of carbonyl (C=O) groups excluding carboxylic acids is 2. The van der Waals surface area contributed by atoms with E-state index < -0.39 is 32.8 Å². The Morgan fingerprint density at radius 2 is 1.82 bits per heavy atom. The Hall–Kier alpha value is -3.55. The van der Waals surface area contributed by atoms with E-state index in [0.717, 1.165) is 32.9 Å². The van der Waals surface area contributed by atoms with Crippen LogP contribution in [0.25, 0.3) is 10.8 Å². The molecule has 212 valence electrons. The molecular weight excluding hydrogens is 549 g/mol. The largest absolute Gasteiger partial charge is 0.433 e. The fourth-order valence-electron chi connectivity index (χ4n) is 5.19. The Balaban J connectivity index is 1.28. The molecule has 1 fully saturated rings. The number of piperidine rings is 1. The summed E-state index contributed by atoms with van der Waals surface area (Å²) in [6.45, 7) is 0.952. The van der Waals surface area contributed by atoms with Crippen LogP contribution in [0.3, 0.4) is 0 Å². The summed E-state index contributed by atoms with van der Waals surface area (Å²) in [4.78, 5) is 31.2. The molecule has 0 radical (unpaired) electrons. The summed E-state index contributed by atoms with van der Waals surface area (Å²) in [7, 11) is -2.65. The van der Waals surface area contributed by atoms with E-state index in [1.807, 2.05) is 6.07 Å². The van der Waals surface area contributed by atoms with Crippen LogP contribution in [0.4, 0.5) is 24.5 Å². The van der Waals surface area contributed by atoms with Crippen LogP contribution in [0.2, 0.25) is 0 Å². The molecule has 1 saturated heterocycles. The summed E-state index contributed by atoms with van der Waals surface area (Å²) in [5.74, 6) is -0.906. The average molecular weight is 577 g/mol. The second-order valence-corrected chi connectivity index (χ2v) is 11.6. The van der Waals surface area contributed by atoms with Crippen molar-refractivity contribution in [1.82, 2.24) is 9.29 Å². The number of aromatic nitrogens is 1. The standard InChI is InChI=1S/C27H27F3N4O5S/c1-39-16-4-13-34-21-10-9-20(18-5-2-6-19(24(18)21)26(34)36)31-25(35)17-11-14-33(15-12-17)40(37,38)23-8-3-7-22(32-23)27(28,29)30/h2-3,5-10,17H,4,11-16H2,1H3,(H,31,35). The van der Waals surface area contributed by atoms with E-state index >= 15 is 0 Å². The minimum absolute atomic E-state index is 0.0346. The number of hydrogen-bond donors (Lipinski definition) is 1. The number of sulfonamides is 1. The molecule has 2 amide bonds. The van der Waals surface area contributed by atoms with Crippen LogP contribution in [-0.4, -0.2) is 62.9 Å². The lowest BCUT2D eigenvalue weighted by molar-refractivity contribution is -0.141. The Bertz CT molecular complexity index is 1570. The summed E-state index contributed by atoms with van der Waals surface area (Å²) in [6.07, 6.45) is -3.71. The second-order valence-electron chi connectivity index (χ2n) is 9.69. The van der Waals surface area contributed by atoms with Crippen LogP contribution in [-0.2, 0) is 25.7 Å². The molecule has 0 atom stereocenters. The normalized spacial score (nSPS) is 16.6. The first-order chi connectivity index (χ1) is 19.0. The van der Waals surface area contributed by atoms with Crippen LogP contribution in [0.5, 0.6) is 0 Å². The van der Waals surface area contributed by atoms with E-state index in [1.165, 1.54) is 0 Å². The summed E-state index contributed by atoms with van der Waals surface area (Å²) in [5.41, 5.74) is 0.586. The van der Waals surface area contributed by atoms with Gasteiger partial charge in [0.15, 0.2) is 5.03 Å². The molecule has 0 saturated carbocycles. The Morgan fingerprint density at radius 1 is 1.10 bits per heavy atom. The van der Waals surface area contributed by atoms with Gasteiger partial charge in [-0.3, -0.25) is 9.59 Å². The number of anilines is 2. The molecule has 5 rings (SSSR count). The third-order valence-electron chi connectivity index (χ3n) is 7.22. The summed E-state index contributed by atoms with van der Waals surface area (Å²) in [5, 5.41) is 3.74. The molecule has 3 aromatic rings. The van der Waals surface area contributed by atoms with Crippen molar-refractivity contribution in [3.05, 3.63) is 59.8 Å². The number of rotatable bonds is 8. The van der Waals surface area contributed by atoms with E-state index in [0.29, 0.717) is 36.9 Å². The zero-order valence-electron chi connectivity index (χ0n) is 21.6. The maximum absolute atomic E-state index is 13.2. The van der Waals surface area contributed by atoms with Crippen molar-refractivity contribution in [3.63, 3.8) is 0 Å². The van der Waals surface area contributed by atoms with Crippen molar-refractivity contribution in [1.29, 1.82) is 0 Å². The Morgan fingerprint density at radius 3 is 2.52 bits per heavy atom. The first-order valence-electron chi connectivity index (χ1n) is 12.7. The van der Waals surface area contributed by atoms with Gasteiger partial charge in [0, 0.05) is 61.3 Å². The van der Waals surface area contributed by atoms with Crippen molar-refractivity contribution >= 4 is 44.0 Å². The lowest BCUT2D eigenvalue weighted by Gasteiger charge is -2.30. The van der Waals surface area contributed by atoms with Gasteiger partial charge < -0.3 is 15.0 Å². The number of amides is 2. The van der Waals surface area contributed by atoms with Gasteiger partial charge in [-0.2, -0.15) is 17.5 Å². The number of alkyl halides is 3. The molecule has 40 heavy (non-hydrogen) atoms. The van der Waals surface area contributed by atoms with Gasteiger partial charge in [0.1, 0.15) is 5.69 Å². The molecule has 3 heterocycles. The predicted molar refractivity (Wildman–Crippen MR) is 141 cm³/mol. The van der Waals surface area contributed by atoms with Gasteiger partial charge >= 0.3 is 6.18 Å². The minimum atomic E-state index is -4.77. The summed E-state index contributed by atoms with van der Waals surface area (Å²) in [6, 6.07) is 11.7. The number of pyridine rings is 1. The number of nitrogens with zero attached hydrogens (tertiary/aromatic N) is 3. The number of nitrogens with one attached hydrogen (secondary N) is 1. The average Bonchev–Trinajstić information content (AvgIpc) is 3.22. The van der Waals surface area contributed by atoms with Crippen LogP contribution in [0.15, 0.2) is 53.6 Å². The number of carbonyl (C=O) groups is 2. The molecule has 0 unspecified atom stereocenters. The smallest absolute Gasteiger partial charge is 0.385 e. The predicted octanol–water partition coefficient (Wildman–Crippen LogP) is 4.29. The fraction of sp³-hybridized carbons (Fsp3) is 0.370. The highest BCUT2D eigenvalue weighted by atomic mass is 32.2. The molecule has 2 aliphatic heterocycles. The SMILES string of the molecule is COCCCN1C(=O)c2cccc3c(NC(=O)C4CCN(S(=O)(=O)c5cccc(C(F)(F)F)n5)CC4)ccc1c23. The third kappa shape index (κ3) is 5.16. The molecule has 0 spiro atoms. The molecule has 13 heteroatoms. The summed E-state index contributed by atoms with van der Waals surface area (Å²) < 4.78 is 71.1. The van der Waals surface area contributed by atoms with E-state index in [4.69, 9.17) is 4.74 Å². The molecule has 0 aliphatic carbocycles. The minimum Gasteiger partial charge on any atom is -0.385 e. The van der Waals surface area contributed by atoms with Crippen LogP contribution in [0, 0.1) is 5.92 Å². The van der Waals surface area contributed by atoms with Gasteiger partial charge in [-0.1, -0.05) is 18.2 Å². The van der Waals surface area contributed by atoms with Gasteiger partial charge in [0.25, 0.3) is 15.9 Å². The van der Waals surface area contributed by atoms with Crippen molar-refractivity contribution in [2.24, 2.45) is 5.92 Å². The molecule has 2 aliphatic rings. The van der Waals surface area contributed by atoms with Gasteiger partial charge in [-0.05, 0) is 49.6 Å². The van der Waals surface area contributed by atoms with Crippen molar-refractivity contribution in [2.75, 3.05) is 43.6 Å². The highest BCUT2D eigenvalue weighted by Gasteiger charge is 2.37. The topological polar surface area (TPSA) is 109 Å². The molecule has 0 bridgehead atoms. The zero-order valence-corrected chi connectivity index (χ0v) is 22.4. The van der Waals surface area contributed by atoms with E-state index in [1.54, 1.807) is 36.3 Å². The summed E-state index contributed by atoms with van der Waals surface area (Å²) >= 11 is 0. The maximum Gasteiger partial charge on any atom is 0.433 e. The second kappa shape index (κ2) is 10.8. The number of halogens is 3. The lowest BCUT2D eigenvalue weighted by Crippen LogP contribution is -2.41. The highest BCUT2D eigenvalue weighted by molar-refractivity contribution is 7.89. The van der Waals surface area contributed by atoms with Crippen LogP contribution < -0.4 is 10.2 Å². The first-order valence-corrected chi connectivity index (χ1v) is 14.2. The van der Waals surface area contributed by atoms with Crippen LogP contribution >= 0.6 is 0 Å². The maximum atomic E-state index is 13.2. The molecule has 1 aromatic heterocycles. The molecular formula is C27H27F3N4O5S. The Labute approximate surface area is 229 Å². The Kier molecular flexibility index (Phi) is 7.55. The number of ether oxygens (including phenoxy) is 1. The van der Waals surface area contributed by atoms with Gasteiger partial charge in [-0.15, -0.1) is 0 Å². The number of hydrogen-bond acceptors (Lipinski definition) is 6. The fourth-order valence-corrected chi connectivity index (χ4v) is 6.61. The quantitative estimate of drug-likeness (QED) is 0.401. The third-order valence-corrected chi connectivity index (χ3v) is 9.02. The number of methoxy groups -OCH3 is 1. The molecule has 9 nitrogen and oxygen atoms in total. The molecule has 2 aromatic carbocycles. The van der Waals surface area contributed by atoms with Gasteiger partial charge in [-0.25, -0.2) is 13.4 Å². The number of benzene rings is 2. The first kappa shape index (κ1) is 28.0. The van der Waals surface area contributed by atoms with Crippen LogP contribution in [0.1, 0.15) is 35.3 Å². The van der Waals surface area contributed by atoms with E-state index in [-0.39, 0.29) is 37.7 Å². The van der Waals surface area contributed by atoms with Gasteiger partial charge in [0.05, 0.1) is 5.69 Å². The van der Waals surface area contributed by atoms with Gasteiger partial charge in [0.2, 0.25) is 5.91 Å². The van der Waals surface area contributed by atoms with E-state index in [9.17, 15) is 31.2 Å². The van der Waals surface area contributed by atoms with Crippen molar-refractivity contribution < 1.29 is 35.9 Å². The van der Waals surface area contributed by atoms with Crippen molar-refractivity contribution in [3.8, 4) is 0 Å². The lowest BCUT2D eigenvalue weighted by atomic mass is 9.96. The van der Waals surface area contributed by atoms with E-state index in [2.05, 4.69) is 10.3 Å². The van der Waals surface area contributed by atoms with Crippen molar-refractivity contribution in [2.45, 2.75) is 30.5 Å².